The molecule has 3 nitrogen and oxygen atoms in total. The molecule has 0 radical (unpaired) electrons. The van der Waals surface area contributed by atoms with E-state index in [0.717, 1.165) is 42.9 Å². The Morgan fingerprint density at radius 3 is 2.11 bits per heavy atom. The number of benzene rings is 2. The first-order valence-corrected chi connectivity index (χ1v) is 10.0. The van der Waals surface area contributed by atoms with Crippen molar-refractivity contribution in [1.82, 2.24) is 0 Å². The van der Waals surface area contributed by atoms with Crippen LogP contribution in [-0.4, -0.2) is 19.0 Å². The van der Waals surface area contributed by atoms with Crippen LogP contribution in [0.4, 0.5) is 0 Å². The Hall–Kier alpha value is -2.81. The van der Waals surface area contributed by atoms with Gasteiger partial charge in [-0.3, -0.25) is 4.79 Å². The van der Waals surface area contributed by atoms with Gasteiger partial charge in [0.2, 0.25) is 0 Å². The summed E-state index contributed by atoms with van der Waals surface area (Å²) in [6.45, 7) is 7.26. The summed E-state index contributed by atoms with van der Waals surface area (Å²) in [6.07, 6.45) is 10.6. The average Bonchev–Trinajstić information content (AvgIpc) is 2.74. The van der Waals surface area contributed by atoms with Crippen molar-refractivity contribution >= 4 is 11.9 Å². The Kier molecular flexibility index (Phi) is 9.64. The number of unbranched alkanes of at least 4 members (excludes halogenated alkanes) is 3. The second-order valence-electron chi connectivity index (χ2n) is 6.63. The van der Waals surface area contributed by atoms with E-state index in [1.807, 2.05) is 60.7 Å². The van der Waals surface area contributed by atoms with Crippen LogP contribution in [0.3, 0.4) is 0 Å². The summed E-state index contributed by atoms with van der Waals surface area (Å²) in [5.74, 6) is 1.62. The van der Waals surface area contributed by atoms with Crippen molar-refractivity contribution in [3.8, 4) is 11.5 Å². The first kappa shape index (κ1) is 21.5. The summed E-state index contributed by atoms with van der Waals surface area (Å²) in [5.41, 5.74) is 1.61. The van der Waals surface area contributed by atoms with Gasteiger partial charge < -0.3 is 9.47 Å². The molecule has 0 aliphatic carbocycles. The van der Waals surface area contributed by atoms with Crippen LogP contribution in [0, 0.1) is 0 Å². The number of hydrogen-bond donors (Lipinski definition) is 0. The minimum absolute atomic E-state index is 0.0257. The van der Waals surface area contributed by atoms with E-state index in [-0.39, 0.29) is 5.78 Å². The molecule has 0 bridgehead atoms. The van der Waals surface area contributed by atoms with Crippen LogP contribution < -0.4 is 9.47 Å². The maximum absolute atomic E-state index is 12.3. The summed E-state index contributed by atoms with van der Waals surface area (Å²) in [4.78, 5) is 12.3. The molecule has 2 aromatic carbocycles. The lowest BCUT2D eigenvalue weighted by molar-refractivity contribution is 0.104. The highest BCUT2D eigenvalue weighted by Gasteiger charge is 2.02. The number of carbonyl (C=O) groups is 1. The van der Waals surface area contributed by atoms with Gasteiger partial charge in [0, 0.05) is 5.56 Å². The Morgan fingerprint density at radius 1 is 0.893 bits per heavy atom. The lowest BCUT2D eigenvalue weighted by atomic mass is 10.1. The number of ether oxygens (including phenoxy) is 2. The standard InChI is InChI=1S/C25H30O3/c1-3-5-7-19-27-23-14-9-21(10-15-23)11-18-25(26)22-12-16-24(17-13-22)28-20-8-6-4-2/h3,9-18H,1,4-8,19-20H2,2H3. The van der Waals surface area contributed by atoms with Crippen LogP contribution in [0.2, 0.25) is 0 Å². The number of hydrogen-bond acceptors (Lipinski definition) is 3. The number of rotatable bonds is 13. The predicted molar refractivity (Wildman–Crippen MR) is 116 cm³/mol. The van der Waals surface area contributed by atoms with Crippen LogP contribution in [0.1, 0.15) is 54.9 Å². The summed E-state index contributed by atoms with van der Waals surface area (Å²) >= 11 is 0. The second kappa shape index (κ2) is 12.6. The van der Waals surface area contributed by atoms with Gasteiger partial charge in [-0.15, -0.1) is 6.58 Å². The van der Waals surface area contributed by atoms with Gasteiger partial charge in [-0.25, -0.2) is 0 Å². The van der Waals surface area contributed by atoms with Gasteiger partial charge in [0.15, 0.2) is 5.78 Å². The van der Waals surface area contributed by atoms with E-state index in [4.69, 9.17) is 9.47 Å². The zero-order chi connectivity index (χ0) is 20.0. The summed E-state index contributed by atoms with van der Waals surface area (Å²) in [5, 5.41) is 0. The van der Waals surface area contributed by atoms with Gasteiger partial charge in [-0.1, -0.05) is 44.1 Å². The molecule has 0 aliphatic heterocycles. The number of ketones is 1. The molecule has 2 rings (SSSR count). The molecule has 0 spiro atoms. The molecule has 0 heterocycles. The number of allylic oxidation sites excluding steroid dienone is 2. The van der Waals surface area contributed by atoms with E-state index in [9.17, 15) is 4.79 Å². The van der Waals surface area contributed by atoms with Gasteiger partial charge in [-0.05, 0) is 67.3 Å². The highest BCUT2D eigenvalue weighted by atomic mass is 16.5. The van der Waals surface area contributed by atoms with E-state index in [1.54, 1.807) is 6.08 Å². The summed E-state index contributed by atoms with van der Waals surface area (Å²) in [7, 11) is 0. The van der Waals surface area contributed by atoms with Crippen molar-refractivity contribution in [2.45, 2.75) is 39.0 Å². The molecule has 0 aliphatic rings. The highest BCUT2D eigenvalue weighted by molar-refractivity contribution is 6.06. The maximum Gasteiger partial charge on any atom is 0.185 e. The molecule has 0 aromatic heterocycles. The Labute approximate surface area is 168 Å². The Balaban J connectivity index is 1.82. The maximum atomic E-state index is 12.3. The summed E-state index contributed by atoms with van der Waals surface area (Å²) in [6, 6.07) is 15.0. The van der Waals surface area contributed by atoms with Crippen molar-refractivity contribution in [3.63, 3.8) is 0 Å². The van der Waals surface area contributed by atoms with Crippen molar-refractivity contribution in [2.24, 2.45) is 0 Å². The largest absolute Gasteiger partial charge is 0.494 e. The lowest BCUT2D eigenvalue weighted by Crippen LogP contribution is -1.98. The fourth-order valence-electron chi connectivity index (χ4n) is 2.62. The molecular weight excluding hydrogens is 348 g/mol. The zero-order valence-corrected chi connectivity index (χ0v) is 16.7. The third kappa shape index (κ3) is 7.83. The third-order valence-electron chi connectivity index (χ3n) is 4.28. The minimum Gasteiger partial charge on any atom is -0.494 e. The highest BCUT2D eigenvalue weighted by Crippen LogP contribution is 2.16. The molecular formula is C25H30O3. The van der Waals surface area contributed by atoms with E-state index in [0.29, 0.717) is 12.2 Å². The van der Waals surface area contributed by atoms with Crippen LogP contribution >= 0.6 is 0 Å². The smallest absolute Gasteiger partial charge is 0.185 e. The topological polar surface area (TPSA) is 35.5 Å². The molecule has 0 saturated heterocycles. The molecule has 0 atom stereocenters. The first-order valence-electron chi connectivity index (χ1n) is 10.0. The third-order valence-corrected chi connectivity index (χ3v) is 4.28. The van der Waals surface area contributed by atoms with Gasteiger partial charge >= 0.3 is 0 Å². The van der Waals surface area contributed by atoms with Crippen molar-refractivity contribution in [2.75, 3.05) is 13.2 Å². The molecule has 2 aromatic rings. The van der Waals surface area contributed by atoms with E-state index >= 15 is 0 Å². The zero-order valence-electron chi connectivity index (χ0n) is 16.7. The van der Waals surface area contributed by atoms with Crippen LogP contribution in [0.15, 0.2) is 67.3 Å². The molecule has 0 unspecified atom stereocenters. The quantitative estimate of drug-likeness (QED) is 0.173. The van der Waals surface area contributed by atoms with Crippen LogP contribution in [0.5, 0.6) is 11.5 Å². The molecule has 0 fully saturated rings. The first-order chi connectivity index (χ1) is 13.7. The molecule has 3 heteroatoms. The fourth-order valence-corrected chi connectivity index (χ4v) is 2.62. The molecule has 0 amide bonds. The van der Waals surface area contributed by atoms with Gasteiger partial charge in [0.1, 0.15) is 11.5 Å². The van der Waals surface area contributed by atoms with Crippen molar-refractivity contribution in [3.05, 3.63) is 78.4 Å². The Bertz CT molecular complexity index is 742. The van der Waals surface area contributed by atoms with Gasteiger partial charge in [-0.2, -0.15) is 0 Å². The van der Waals surface area contributed by atoms with Gasteiger partial charge in [0.25, 0.3) is 0 Å². The van der Waals surface area contributed by atoms with E-state index < -0.39 is 0 Å². The van der Waals surface area contributed by atoms with E-state index in [2.05, 4.69) is 13.5 Å². The fraction of sp³-hybridized carbons (Fsp3) is 0.320. The molecule has 0 N–H and O–H groups in total. The van der Waals surface area contributed by atoms with Crippen molar-refractivity contribution in [1.29, 1.82) is 0 Å². The monoisotopic (exact) mass is 378 g/mol. The molecule has 0 saturated carbocycles. The Morgan fingerprint density at radius 2 is 1.50 bits per heavy atom. The van der Waals surface area contributed by atoms with Crippen LogP contribution in [-0.2, 0) is 0 Å². The lowest BCUT2D eigenvalue weighted by Gasteiger charge is -2.06. The predicted octanol–water partition coefficient (Wildman–Crippen LogP) is 6.50. The van der Waals surface area contributed by atoms with Crippen LogP contribution in [0.25, 0.3) is 6.08 Å². The van der Waals surface area contributed by atoms with E-state index in [1.165, 1.54) is 12.8 Å². The number of carbonyl (C=O) groups excluding carboxylic acids is 1. The molecule has 148 valence electrons. The van der Waals surface area contributed by atoms with Crippen molar-refractivity contribution < 1.29 is 14.3 Å². The average molecular weight is 379 g/mol. The normalized spacial score (nSPS) is 10.8. The molecule has 28 heavy (non-hydrogen) atoms. The van der Waals surface area contributed by atoms with Gasteiger partial charge in [0.05, 0.1) is 13.2 Å². The summed E-state index contributed by atoms with van der Waals surface area (Å²) < 4.78 is 11.3. The second-order valence-corrected chi connectivity index (χ2v) is 6.63. The minimum atomic E-state index is -0.0257. The SMILES string of the molecule is C=CCCCOc1ccc(C=CC(=O)c2ccc(OCCCCC)cc2)cc1.